The van der Waals surface area contributed by atoms with E-state index in [-0.39, 0.29) is 11.3 Å². The molecule has 0 aliphatic carbocycles. The van der Waals surface area contributed by atoms with Crippen LogP contribution in [0, 0.1) is 0 Å². The molecule has 1 aliphatic rings. The summed E-state index contributed by atoms with van der Waals surface area (Å²) >= 11 is 0. The molecule has 0 radical (unpaired) electrons. The number of hydrogen-bond donors (Lipinski definition) is 1. The molecule has 0 spiro atoms. The first-order valence-corrected chi connectivity index (χ1v) is 11.2. The average Bonchev–Trinajstić information content (AvgIpc) is 3.06. The van der Waals surface area contributed by atoms with Crippen molar-refractivity contribution in [2.24, 2.45) is 0 Å². The second-order valence-electron chi connectivity index (χ2n) is 8.33. The molecule has 1 fully saturated rings. The third kappa shape index (κ3) is 5.63. The molecule has 34 heavy (non-hydrogen) atoms. The third-order valence-electron chi connectivity index (χ3n) is 5.37. The number of hydrogen-bond acceptors (Lipinski definition) is 7. The van der Waals surface area contributed by atoms with E-state index in [0.717, 1.165) is 6.42 Å². The van der Waals surface area contributed by atoms with Crippen LogP contribution in [0.5, 0.6) is 11.5 Å². The number of ketones is 1. The minimum atomic E-state index is -0.786. The fraction of sp³-hybridized carbons (Fsp3) is 0.346. The lowest BCUT2D eigenvalue weighted by Crippen LogP contribution is -2.35. The second kappa shape index (κ2) is 11.0. The molecule has 0 bridgehead atoms. The molecule has 1 saturated heterocycles. The molecular weight excluding hydrogens is 436 g/mol. The molecule has 1 unspecified atom stereocenters. The van der Waals surface area contributed by atoms with Crippen molar-refractivity contribution in [3.63, 3.8) is 0 Å². The van der Waals surface area contributed by atoms with Crippen LogP contribution in [0.2, 0.25) is 0 Å². The van der Waals surface area contributed by atoms with Crippen LogP contribution in [-0.2, 0) is 14.4 Å². The fourth-order valence-corrected chi connectivity index (χ4v) is 3.76. The number of Topliss-reactive ketones (excluding diaryl/α,β-unsaturated/α-hetero) is 1. The van der Waals surface area contributed by atoms with Gasteiger partial charge in [-0.3, -0.25) is 14.4 Å². The van der Waals surface area contributed by atoms with Gasteiger partial charge in [0, 0.05) is 25.6 Å². The van der Waals surface area contributed by atoms with Gasteiger partial charge in [0.05, 0.1) is 18.2 Å². The Morgan fingerprint density at radius 2 is 1.79 bits per heavy atom. The molecule has 1 aliphatic heterocycles. The van der Waals surface area contributed by atoms with Crippen molar-refractivity contribution in [2.45, 2.75) is 26.3 Å². The first-order valence-electron chi connectivity index (χ1n) is 11.2. The monoisotopic (exact) mass is 466 g/mol. The predicted molar refractivity (Wildman–Crippen MR) is 128 cm³/mol. The van der Waals surface area contributed by atoms with Crippen LogP contribution < -0.4 is 9.47 Å². The van der Waals surface area contributed by atoms with Crippen molar-refractivity contribution in [3.8, 4) is 11.5 Å². The lowest BCUT2D eigenvalue weighted by molar-refractivity contribution is -0.140. The lowest BCUT2D eigenvalue weighted by atomic mass is 9.95. The molecule has 0 aromatic heterocycles. The van der Waals surface area contributed by atoms with E-state index in [2.05, 4.69) is 0 Å². The summed E-state index contributed by atoms with van der Waals surface area (Å²) < 4.78 is 10.8. The zero-order valence-corrected chi connectivity index (χ0v) is 19.9. The van der Waals surface area contributed by atoms with Crippen molar-refractivity contribution in [1.29, 1.82) is 0 Å². The number of benzene rings is 2. The average molecular weight is 467 g/mol. The molecule has 0 saturated carbocycles. The number of amides is 1. The first-order chi connectivity index (χ1) is 16.2. The number of aliphatic hydroxyl groups is 1. The van der Waals surface area contributed by atoms with Crippen molar-refractivity contribution in [1.82, 2.24) is 9.80 Å². The molecular formula is C26H30N2O6. The number of esters is 1. The maximum atomic E-state index is 13.1. The highest BCUT2D eigenvalue weighted by atomic mass is 16.5. The van der Waals surface area contributed by atoms with Gasteiger partial charge >= 0.3 is 5.97 Å². The number of likely N-dealkylation sites (N-methyl/N-ethyl adjacent to an activating group) is 1. The van der Waals surface area contributed by atoms with Crippen LogP contribution in [0.15, 0.2) is 54.1 Å². The number of carbonyl (C=O) groups excluding carboxylic acids is 3. The minimum absolute atomic E-state index is 0.0108. The Morgan fingerprint density at radius 3 is 2.41 bits per heavy atom. The largest absolute Gasteiger partial charge is 0.507 e. The summed E-state index contributed by atoms with van der Waals surface area (Å²) in [6.07, 6.45) is 0.830. The van der Waals surface area contributed by atoms with Gasteiger partial charge in [0.2, 0.25) is 0 Å². The van der Waals surface area contributed by atoms with Gasteiger partial charge in [0.1, 0.15) is 17.3 Å². The quantitative estimate of drug-likeness (QED) is 0.199. The van der Waals surface area contributed by atoms with Crippen molar-refractivity contribution >= 4 is 23.4 Å². The molecule has 1 atom stereocenters. The van der Waals surface area contributed by atoms with Crippen LogP contribution in [0.1, 0.15) is 37.4 Å². The summed E-state index contributed by atoms with van der Waals surface area (Å²) in [4.78, 5) is 40.7. The van der Waals surface area contributed by atoms with Crippen LogP contribution in [0.25, 0.3) is 5.76 Å². The van der Waals surface area contributed by atoms with Crippen molar-refractivity contribution < 1.29 is 29.0 Å². The Morgan fingerprint density at radius 1 is 1.09 bits per heavy atom. The van der Waals surface area contributed by atoms with Gasteiger partial charge in [0.25, 0.3) is 11.7 Å². The van der Waals surface area contributed by atoms with Gasteiger partial charge in [-0.2, -0.15) is 0 Å². The minimum Gasteiger partial charge on any atom is -0.507 e. The van der Waals surface area contributed by atoms with Crippen LogP contribution in [0.4, 0.5) is 0 Å². The fourth-order valence-electron chi connectivity index (χ4n) is 3.76. The molecule has 180 valence electrons. The highest BCUT2D eigenvalue weighted by Crippen LogP contribution is 2.40. The van der Waals surface area contributed by atoms with E-state index < -0.39 is 23.7 Å². The third-order valence-corrected chi connectivity index (χ3v) is 5.37. The topological polar surface area (TPSA) is 96.4 Å². The van der Waals surface area contributed by atoms with Crippen LogP contribution in [-0.4, -0.2) is 66.4 Å². The highest BCUT2D eigenvalue weighted by Gasteiger charge is 2.45. The van der Waals surface area contributed by atoms with Gasteiger partial charge in [-0.25, -0.2) is 0 Å². The maximum Gasteiger partial charge on any atom is 0.308 e. The van der Waals surface area contributed by atoms with Crippen LogP contribution in [0.3, 0.4) is 0 Å². The van der Waals surface area contributed by atoms with E-state index in [1.54, 1.807) is 48.5 Å². The Kier molecular flexibility index (Phi) is 8.07. The molecule has 3 rings (SSSR count). The Labute approximate surface area is 199 Å². The number of rotatable bonds is 9. The molecule has 8 nitrogen and oxygen atoms in total. The number of carbonyl (C=O) groups is 3. The zero-order valence-electron chi connectivity index (χ0n) is 19.9. The van der Waals surface area contributed by atoms with E-state index in [4.69, 9.17) is 9.47 Å². The van der Waals surface area contributed by atoms with E-state index in [0.29, 0.717) is 42.3 Å². The van der Waals surface area contributed by atoms with E-state index in [1.165, 1.54) is 11.8 Å². The molecule has 2 aromatic rings. The lowest BCUT2D eigenvalue weighted by Gasteiger charge is -2.26. The van der Waals surface area contributed by atoms with Gasteiger partial charge in [0.15, 0.2) is 0 Å². The summed E-state index contributed by atoms with van der Waals surface area (Å²) in [6, 6.07) is 12.6. The summed E-state index contributed by atoms with van der Waals surface area (Å²) in [6.45, 7) is 4.65. The summed E-state index contributed by atoms with van der Waals surface area (Å²) in [7, 11) is 3.75. The standard InChI is InChI=1S/C26H30N2O6/c1-5-15-33-21-8-6-7-19(16-21)24(30)22-23(18-9-11-20(12-10-18)34-17(2)29)28(14-13-27(3)4)26(32)25(22)31/h6-12,16,23,30H,5,13-15H2,1-4H3/b24-22-. The smallest absolute Gasteiger partial charge is 0.308 e. The van der Waals surface area contributed by atoms with Crippen molar-refractivity contribution in [3.05, 3.63) is 65.2 Å². The predicted octanol–water partition coefficient (Wildman–Crippen LogP) is 3.38. The summed E-state index contributed by atoms with van der Waals surface area (Å²) in [5, 5.41) is 11.2. The molecule has 2 aromatic carbocycles. The highest BCUT2D eigenvalue weighted by molar-refractivity contribution is 6.46. The van der Waals surface area contributed by atoms with E-state index in [1.807, 2.05) is 25.9 Å². The van der Waals surface area contributed by atoms with Gasteiger partial charge in [-0.15, -0.1) is 0 Å². The Hall–Kier alpha value is -3.65. The number of likely N-dealkylation sites (tertiary alicyclic amines) is 1. The normalized spacial score (nSPS) is 17.3. The zero-order chi connectivity index (χ0) is 24.8. The Bertz CT molecular complexity index is 1090. The first kappa shape index (κ1) is 25.0. The Balaban J connectivity index is 2.08. The molecule has 8 heteroatoms. The molecule has 1 N–H and O–H groups in total. The van der Waals surface area contributed by atoms with E-state index in [9.17, 15) is 19.5 Å². The summed E-state index contributed by atoms with van der Waals surface area (Å²) in [5.41, 5.74) is 1.02. The number of aliphatic hydroxyl groups excluding tert-OH is 1. The van der Waals surface area contributed by atoms with E-state index >= 15 is 0 Å². The van der Waals surface area contributed by atoms with Crippen molar-refractivity contribution in [2.75, 3.05) is 33.8 Å². The van der Waals surface area contributed by atoms with Gasteiger partial charge in [-0.05, 0) is 50.3 Å². The number of ether oxygens (including phenoxy) is 2. The maximum absolute atomic E-state index is 13.1. The van der Waals surface area contributed by atoms with Gasteiger partial charge in [-0.1, -0.05) is 31.2 Å². The van der Waals surface area contributed by atoms with Gasteiger partial charge < -0.3 is 24.4 Å². The number of nitrogens with zero attached hydrogens (tertiary/aromatic N) is 2. The second-order valence-corrected chi connectivity index (χ2v) is 8.33. The SMILES string of the molecule is CCCOc1cccc(/C(O)=C2/C(=O)C(=O)N(CCN(C)C)C2c2ccc(OC(C)=O)cc2)c1. The molecule has 1 heterocycles. The summed E-state index contributed by atoms with van der Waals surface area (Å²) in [5.74, 6) is -1.21. The van der Waals surface area contributed by atoms with Crippen LogP contribution >= 0.6 is 0 Å². The molecule has 1 amide bonds.